The minimum atomic E-state index is 0.157. The maximum absolute atomic E-state index is 6.38. The first-order valence-corrected chi connectivity index (χ1v) is 7.27. The second kappa shape index (κ2) is 6.35. The Balaban J connectivity index is 1.93. The van der Waals surface area contributed by atoms with Gasteiger partial charge in [-0.2, -0.15) is 0 Å². The first kappa shape index (κ1) is 13.6. The lowest BCUT2D eigenvalue weighted by atomic mass is 9.94. The van der Waals surface area contributed by atoms with Gasteiger partial charge in [-0.15, -0.1) is 0 Å². The van der Waals surface area contributed by atoms with Crippen molar-refractivity contribution < 1.29 is 0 Å². The molecule has 1 saturated heterocycles. The van der Waals surface area contributed by atoms with Gasteiger partial charge in [-0.1, -0.05) is 44.2 Å². The Morgan fingerprint density at radius 1 is 1.33 bits per heavy atom. The fraction of sp³-hybridized carbons (Fsp3) is 0.625. The van der Waals surface area contributed by atoms with Crippen molar-refractivity contribution >= 4 is 0 Å². The first-order chi connectivity index (χ1) is 8.72. The van der Waals surface area contributed by atoms with Gasteiger partial charge in [0.15, 0.2) is 0 Å². The summed E-state index contributed by atoms with van der Waals surface area (Å²) in [5.74, 6) is 0.513. The van der Waals surface area contributed by atoms with E-state index in [1.54, 1.807) is 0 Å². The van der Waals surface area contributed by atoms with Gasteiger partial charge in [-0.05, 0) is 37.3 Å². The molecule has 1 fully saturated rings. The summed E-state index contributed by atoms with van der Waals surface area (Å²) in [5, 5.41) is 0. The zero-order valence-electron chi connectivity index (χ0n) is 11.7. The van der Waals surface area contributed by atoms with E-state index in [9.17, 15) is 0 Å². The van der Waals surface area contributed by atoms with Crippen LogP contribution >= 0.6 is 0 Å². The third-order valence-corrected chi connectivity index (χ3v) is 4.29. The average Bonchev–Trinajstić information content (AvgIpc) is 2.86. The molecule has 0 aliphatic carbocycles. The number of likely N-dealkylation sites (tertiary alicyclic amines) is 1. The lowest BCUT2D eigenvalue weighted by Gasteiger charge is -2.29. The number of benzene rings is 1. The Hall–Kier alpha value is -0.860. The molecule has 0 spiro atoms. The van der Waals surface area contributed by atoms with E-state index in [4.69, 9.17) is 5.73 Å². The van der Waals surface area contributed by atoms with Crippen LogP contribution in [0.2, 0.25) is 0 Å². The smallest absolute Gasteiger partial charge is 0.0333 e. The fourth-order valence-electron chi connectivity index (χ4n) is 3.09. The molecular formula is C16H26N2. The van der Waals surface area contributed by atoms with Gasteiger partial charge in [0, 0.05) is 18.6 Å². The molecule has 0 aromatic heterocycles. The molecule has 100 valence electrons. The monoisotopic (exact) mass is 246 g/mol. The van der Waals surface area contributed by atoms with Crippen LogP contribution in [0.1, 0.15) is 44.7 Å². The molecule has 0 radical (unpaired) electrons. The predicted octanol–water partition coefficient (Wildman–Crippen LogP) is 3.20. The van der Waals surface area contributed by atoms with Crippen LogP contribution in [0.3, 0.4) is 0 Å². The summed E-state index contributed by atoms with van der Waals surface area (Å²) in [4.78, 5) is 2.63. The van der Waals surface area contributed by atoms with Crippen molar-refractivity contribution in [2.45, 2.75) is 45.2 Å². The molecule has 2 N–H and O–H groups in total. The van der Waals surface area contributed by atoms with Crippen LogP contribution < -0.4 is 5.73 Å². The van der Waals surface area contributed by atoms with Crippen molar-refractivity contribution in [3.63, 3.8) is 0 Å². The zero-order chi connectivity index (χ0) is 13.0. The standard InChI is InChI=1S/C16H26N2/c1-3-15-10-7-11-18(15)12-13(2)16(17)14-8-5-4-6-9-14/h4-6,8-9,13,15-16H,3,7,10-12,17H2,1-2H3. The maximum atomic E-state index is 6.38. The quantitative estimate of drug-likeness (QED) is 0.864. The van der Waals surface area contributed by atoms with Crippen molar-refractivity contribution in [2.75, 3.05) is 13.1 Å². The Morgan fingerprint density at radius 3 is 2.72 bits per heavy atom. The van der Waals surface area contributed by atoms with Crippen LogP contribution in [0.5, 0.6) is 0 Å². The van der Waals surface area contributed by atoms with Crippen LogP contribution in [0.15, 0.2) is 30.3 Å². The van der Waals surface area contributed by atoms with Crippen LogP contribution in [0, 0.1) is 5.92 Å². The highest BCUT2D eigenvalue weighted by Gasteiger charge is 2.26. The topological polar surface area (TPSA) is 29.3 Å². The van der Waals surface area contributed by atoms with Gasteiger partial charge in [0.05, 0.1) is 0 Å². The molecule has 1 heterocycles. The minimum Gasteiger partial charge on any atom is -0.324 e. The van der Waals surface area contributed by atoms with E-state index in [2.05, 4.69) is 49.1 Å². The lowest BCUT2D eigenvalue weighted by Crippen LogP contribution is -2.36. The molecule has 3 atom stereocenters. The second-order valence-electron chi connectivity index (χ2n) is 5.61. The third kappa shape index (κ3) is 3.12. The van der Waals surface area contributed by atoms with Crippen LogP contribution in [0.4, 0.5) is 0 Å². The molecule has 1 aliphatic rings. The molecule has 3 unspecified atom stereocenters. The van der Waals surface area contributed by atoms with Crippen molar-refractivity contribution in [1.82, 2.24) is 4.90 Å². The van der Waals surface area contributed by atoms with Crippen molar-refractivity contribution in [3.05, 3.63) is 35.9 Å². The highest BCUT2D eigenvalue weighted by Crippen LogP contribution is 2.25. The molecule has 1 aromatic rings. The van der Waals surface area contributed by atoms with E-state index in [0.717, 1.165) is 12.6 Å². The molecular weight excluding hydrogens is 220 g/mol. The van der Waals surface area contributed by atoms with Crippen LogP contribution in [-0.2, 0) is 0 Å². The summed E-state index contributed by atoms with van der Waals surface area (Å²) in [5.41, 5.74) is 7.64. The van der Waals surface area contributed by atoms with Crippen molar-refractivity contribution in [3.8, 4) is 0 Å². The third-order valence-electron chi connectivity index (χ3n) is 4.29. The Morgan fingerprint density at radius 2 is 2.06 bits per heavy atom. The van der Waals surface area contributed by atoms with Gasteiger partial charge in [0.1, 0.15) is 0 Å². The number of nitrogens with zero attached hydrogens (tertiary/aromatic N) is 1. The minimum absolute atomic E-state index is 0.157. The maximum Gasteiger partial charge on any atom is 0.0333 e. The molecule has 2 nitrogen and oxygen atoms in total. The normalized spacial score (nSPS) is 24.1. The molecule has 0 saturated carbocycles. The molecule has 1 aliphatic heterocycles. The Labute approximate surface area is 111 Å². The fourth-order valence-corrected chi connectivity index (χ4v) is 3.09. The summed E-state index contributed by atoms with van der Waals surface area (Å²) in [7, 11) is 0. The van der Waals surface area contributed by atoms with Crippen LogP contribution in [0.25, 0.3) is 0 Å². The molecule has 0 amide bonds. The van der Waals surface area contributed by atoms with E-state index in [-0.39, 0.29) is 6.04 Å². The largest absolute Gasteiger partial charge is 0.324 e. The molecule has 2 rings (SSSR count). The summed E-state index contributed by atoms with van der Waals surface area (Å²) in [6, 6.07) is 11.4. The van der Waals surface area contributed by atoms with E-state index in [1.165, 1.54) is 31.4 Å². The number of rotatable bonds is 5. The van der Waals surface area contributed by atoms with Crippen molar-refractivity contribution in [2.24, 2.45) is 11.7 Å². The van der Waals surface area contributed by atoms with E-state index in [0.29, 0.717) is 5.92 Å². The highest BCUT2D eigenvalue weighted by atomic mass is 15.2. The summed E-state index contributed by atoms with van der Waals surface area (Å²) in [6.07, 6.45) is 3.99. The van der Waals surface area contributed by atoms with Gasteiger partial charge in [0.2, 0.25) is 0 Å². The Bertz CT molecular complexity index is 349. The number of nitrogens with two attached hydrogens (primary N) is 1. The number of hydrogen-bond acceptors (Lipinski definition) is 2. The molecule has 18 heavy (non-hydrogen) atoms. The van der Waals surface area contributed by atoms with Gasteiger partial charge >= 0.3 is 0 Å². The van der Waals surface area contributed by atoms with Gasteiger partial charge in [-0.25, -0.2) is 0 Å². The van der Waals surface area contributed by atoms with E-state index >= 15 is 0 Å². The van der Waals surface area contributed by atoms with E-state index < -0.39 is 0 Å². The molecule has 1 aromatic carbocycles. The van der Waals surface area contributed by atoms with Gasteiger partial charge < -0.3 is 10.6 Å². The summed E-state index contributed by atoms with van der Waals surface area (Å²) >= 11 is 0. The highest BCUT2D eigenvalue weighted by molar-refractivity contribution is 5.19. The molecule has 0 bridgehead atoms. The zero-order valence-corrected chi connectivity index (χ0v) is 11.7. The summed E-state index contributed by atoms with van der Waals surface area (Å²) in [6.45, 7) is 6.96. The molecule has 2 heteroatoms. The van der Waals surface area contributed by atoms with Gasteiger partial charge in [0.25, 0.3) is 0 Å². The lowest BCUT2D eigenvalue weighted by molar-refractivity contribution is 0.203. The summed E-state index contributed by atoms with van der Waals surface area (Å²) < 4.78 is 0. The first-order valence-electron chi connectivity index (χ1n) is 7.27. The van der Waals surface area contributed by atoms with Crippen LogP contribution in [-0.4, -0.2) is 24.0 Å². The second-order valence-corrected chi connectivity index (χ2v) is 5.61. The van der Waals surface area contributed by atoms with Crippen molar-refractivity contribution in [1.29, 1.82) is 0 Å². The Kier molecular flexibility index (Phi) is 4.79. The van der Waals surface area contributed by atoms with E-state index in [1.807, 2.05) is 0 Å². The number of hydrogen-bond donors (Lipinski definition) is 1. The predicted molar refractivity (Wildman–Crippen MR) is 77.4 cm³/mol. The van der Waals surface area contributed by atoms with Gasteiger partial charge in [-0.3, -0.25) is 0 Å². The average molecular weight is 246 g/mol. The SMILES string of the molecule is CCC1CCCN1CC(C)C(N)c1ccccc1.